The summed E-state index contributed by atoms with van der Waals surface area (Å²) in [6.07, 6.45) is 12.4. The average Bonchev–Trinajstić information content (AvgIpc) is 4.36. The lowest BCUT2D eigenvalue weighted by molar-refractivity contribution is 0.353. The molecule has 4 aliphatic carbocycles. The van der Waals surface area contributed by atoms with Gasteiger partial charge in [-0.3, -0.25) is 0 Å². The molecular formula is C74H68N2O2. The summed E-state index contributed by atoms with van der Waals surface area (Å²) >= 11 is 0. The molecule has 9 aromatic carbocycles. The van der Waals surface area contributed by atoms with Crippen molar-refractivity contribution in [1.29, 1.82) is 0 Å². The lowest BCUT2D eigenvalue weighted by atomic mass is 9.68. The Morgan fingerprint density at radius 3 is 1.04 bits per heavy atom. The van der Waals surface area contributed by atoms with E-state index < -0.39 is 0 Å². The molecule has 11 aromatic rings. The molecule has 2 heterocycles. The number of rotatable bonds is 6. The third kappa shape index (κ3) is 7.24. The molecular weight excluding hydrogens is 949 g/mol. The van der Waals surface area contributed by atoms with Gasteiger partial charge in [0, 0.05) is 78.6 Å². The van der Waals surface area contributed by atoms with Crippen molar-refractivity contribution in [3.05, 3.63) is 215 Å². The molecule has 15 rings (SSSR count). The maximum absolute atomic E-state index is 6.95. The fourth-order valence-corrected chi connectivity index (χ4v) is 15.0. The topological polar surface area (TPSA) is 32.8 Å². The van der Waals surface area contributed by atoms with Gasteiger partial charge in [0.15, 0.2) is 0 Å². The minimum Gasteiger partial charge on any atom is -0.456 e. The van der Waals surface area contributed by atoms with Crippen LogP contribution in [0.5, 0.6) is 0 Å². The number of furan rings is 2. The van der Waals surface area contributed by atoms with Gasteiger partial charge in [0.05, 0.1) is 0 Å². The van der Waals surface area contributed by atoms with Crippen molar-refractivity contribution in [2.75, 3.05) is 9.80 Å². The van der Waals surface area contributed by atoms with Gasteiger partial charge in [-0.2, -0.15) is 0 Å². The highest BCUT2D eigenvalue weighted by atomic mass is 16.3. The largest absolute Gasteiger partial charge is 0.456 e. The van der Waals surface area contributed by atoms with Crippen LogP contribution in [0.15, 0.2) is 191 Å². The first-order chi connectivity index (χ1) is 37.8. The Labute approximate surface area is 459 Å². The van der Waals surface area contributed by atoms with E-state index >= 15 is 0 Å². The number of hydrogen-bond donors (Lipinski definition) is 0. The first-order valence-electron chi connectivity index (χ1n) is 29.0. The fourth-order valence-electron chi connectivity index (χ4n) is 15.0. The van der Waals surface area contributed by atoms with Crippen LogP contribution in [0.1, 0.15) is 139 Å². The molecule has 4 aliphatic rings. The van der Waals surface area contributed by atoms with Gasteiger partial charge in [0.25, 0.3) is 0 Å². The Balaban J connectivity index is 0.828. The summed E-state index contributed by atoms with van der Waals surface area (Å²) in [5, 5.41) is 4.25. The Bertz CT molecular complexity index is 3910. The van der Waals surface area contributed by atoms with E-state index in [4.69, 9.17) is 8.83 Å². The maximum Gasteiger partial charge on any atom is 0.137 e. The smallest absolute Gasteiger partial charge is 0.137 e. The molecule has 4 nitrogen and oxygen atoms in total. The van der Waals surface area contributed by atoms with Crippen LogP contribution in [-0.2, 0) is 21.7 Å². The van der Waals surface area contributed by atoms with Crippen molar-refractivity contribution in [2.45, 2.75) is 127 Å². The van der Waals surface area contributed by atoms with Crippen LogP contribution in [-0.4, -0.2) is 0 Å². The van der Waals surface area contributed by atoms with E-state index in [1.54, 1.807) is 0 Å². The summed E-state index contributed by atoms with van der Waals surface area (Å²) in [5.74, 6) is 0. The highest BCUT2D eigenvalue weighted by Gasteiger charge is 2.45. The molecule has 0 radical (unpaired) electrons. The second-order valence-electron chi connectivity index (χ2n) is 25.5. The van der Waals surface area contributed by atoms with E-state index in [9.17, 15) is 0 Å². The highest BCUT2D eigenvalue weighted by Crippen LogP contribution is 2.59. The van der Waals surface area contributed by atoms with Gasteiger partial charge in [-0.05, 0) is 177 Å². The Kier molecular flexibility index (Phi) is 10.5. The van der Waals surface area contributed by atoms with Crippen LogP contribution in [0.4, 0.5) is 34.1 Å². The van der Waals surface area contributed by atoms with Crippen molar-refractivity contribution in [3.8, 4) is 22.3 Å². The van der Waals surface area contributed by atoms with Gasteiger partial charge in [-0.1, -0.05) is 165 Å². The summed E-state index contributed by atoms with van der Waals surface area (Å²) < 4.78 is 13.9. The van der Waals surface area contributed by atoms with E-state index in [1.807, 2.05) is 0 Å². The Morgan fingerprint density at radius 1 is 0.308 bits per heavy atom. The van der Waals surface area contributed by atoms with Crippen LogP contribution >= 0.6 is 0 Å². The molecule has 0 unspecified atom stereocenters. The Hall–Kier alpha value is -7.82. The van der Waals surface area contributed by atoms with E-state index in [1.165, 1.54) is 131 Å². The maximum atomic E-state index is 6.95. The summed E-state index contributed by atoms with van der Waals surface area (Å²) in [7, 11) is 0. The van der Waals surface area contributed by atoms with Gasteiger partial charge in [-0.15, -0.1) is 0 Å². The number of anilines is 6. The molecule has 0 bridgehead atoms. The summed E-state index contributed by atoms with van der Waals surface area (Å²) in [6.45, 7) is 13.7. The summed E-state index contributed by atoms with van der Waals surface area (Å²) in [4.78, 5) is 4.88. The van der Waals surface area contributed by atoms with E-state index in [0.717, 1.165) is 66.6 Å². The van der Waals surface area contributed by atoms with Crippen molar-refractivity contribution in [3.63, 3.8) is 0 Å². The van der Waals surface area contributed by atoms with Crippen molar-refractivity contribution >= 4 is 78.0 Å². The first kappa shape index (κ1) is 47.4. The van der Waals surface area contributed by atoms with Crippen molar-refractivity contribution in [2.24, 2.45) is 0 Å². The third-order valence-corrected chi connectivity index (χ3v) is 19.0. The molecule has 78 heavy (non-hydrogen) atoms. The monoisotopic (exact) mass is 1020 g/mol. The van der Waals surface area contributed by atoms with E-state index in [2.05, 4.69) is 233 Å². The predicted molar refractivity (Wildman–Crippen MR) is 326 cm³/mol. The molecule has 0 aliphatic heterocycles. The van der Waals surface area contributed by atoms with Gasteiger partial charge in [0.1, 0.15) is 22.3 Å². The molecule has 2 spiro atoms. The molecule has 2 fully saturated rings. The zero-order valence-corrected chi connectivity index (χ0v) is 46.1. The molecule has 2 saturated carbocycles. The van der Waals surface area contributed by atoms with Crippen LogP contribution in [0, 0.1) is 0 Å². The lowest BCUT2D eigenvalue weighted by Crippen LogP contribution is -2.28. The molecule has 4 heteroatoms. The van der Waals surface area contributed by atoms with Crippen LogP contribution in [0.25, 0.3) is 66.1 Å². The van der Waals surface area contributed by atoms with Gasteiger partial charge in [0.2, 0.25) is 0 Å². The van der Waals surface area contributed by atoms with E-state index in [-0.39, 0.29) is 21.7 Å². The van der Waals surface area contributed by atoms with Gasteiger partial charge in [-0.25, -0.2) is 0 Å². The Morgan fingerprint density at radius 2 is 0.641 bits per heavy atom. The number of nitrogens with zero attached hydrogens (tertiary/aromatic N) is 2. The van der Waals surface area contributed by atoms with Crippen molar-refractivity contribution in [1.82, 2.24) is 0 Å². The quantitative estimate of drug-likeness (QED) is 0.166. The molecule has 0 saturated heterocycles. The third-order valence-electron chi connectivity index (χ3n) is 19.0. The number of fused-ring (bicyclic) bond motifs is 16. The number of hydrogen-bond acceptors (Lipinski definition) is 4. The minimum absolute atomic E-state index is 0.0457. The van der Waals surface area contributed by atoms with E-state index in [0.29, 0.717) is 0 Å². The van der Waals surface area contributed by atoms with Gasteiger partial charge >= 0.3 is 0 Å². The zero-order chi connectivity index (χ0) is 52.7. The van der Waals surface area contributed by atoms with Crippen LogP contribution in [0.2, 0.25) is 0 Å². The second kappa shape index (κ2) is 17.3. The molecule has 2 aromatic heterocycles. The molecule has 386 valence electrons. The van der Waals surface area contributed by atoms with Crippen LogP contribution < -0.4 is 9.80 Å². The molecule has 0 atom stereocenters. The fraction of sp³-hybridized carbons (Fsp3) is 0.270. The highest BCUT2D eigenvalue weighted by molar-refractivity contribution is 6.15. The normalized spacial score (nSPS) is 16.3. The van der Waals surface area contributed by atoms with Crippen molar-refractivity contribution < 1.29 is 8.83 Å². The molecule has 0 N–H and O–H groups in total. The summed E-state index contributed by atoms with van der Waals surface area (Å²) in [6, 6.07) is 69.2. The predicted octanol–water partition coefficient (Wildman–Crippen LogP) is 21.5. The van der Waals surface area contributed by atoms with Crippen LogP contribution in [0.3, 0.4) is 0 Å². The second-order valence-corrected chi connectivity index (χ2v) is 25.5. The number of benzene rings is 9. The minimum atomic E-state index is 0.0457. The SMILES string of the molecule is CC(C)(C)c1ccc(N(c2ccc3c(c2)C2(CCCCC2)c2ccccc2-3)c2ccc3c(c2)oc2cc4c(cc23)oc2cc(N(c3ccc(C(C)(C)C)cc3)c3ccc5c(c3)C3(CCCCC3)c3ccccc3-5)ccc24)cc1. The lowest BCUT2D eigenvalue weighted by Gasteiger charge is -2.36. The zero-order valence-electron chi connectivity index (χ0n) is 46.1. The first-order valence-corrected chi connectivity index (χ1v) is 29.0. The standard InChI is InChI=1S/C74H68N2O2/c1-71(2,3)47-21-25-49(26-22-47)75(51-29-33-57-55-17-9-11-19-63(55)73(65(57)41-51)37-13-7-14-38-73)53-31-35-59-61-45-70-62(46-69(61)77-67(59)43-53)60-36-32-54(44-68(60)78-70)76(50-27-23-48(24-28-50)72(4,5)6)52-30-34-58-56-18-10-12-20-64(56)74(66(58)42-52)39-15-8-16-40-74/h9-12,17-36,41-46H,7-8,13-16,37-40H2,1-6H3. The average molecular weight is 1020 g/mol. The molecule has 0 amide bonds. The summed E-state index contributed by atoms with van der Waals surface area (Å²) in [5.41, 5.74) is 24.6. The van der Waals surface area contributed by atoms with Gasteiger partial charge < -0.3 is 18.6 Å².